The van der Waals surface area contributed by atoms with Crippen molar-refractivity contribution >= 4 is 0 Å². The molecule has 3 N–H and O–H groups in total. The maximum absolute atomic E-state index is 3.25. The zero-order valence-electron chi connectivity index (χ0n) is 14.7. The van der Waals surface area contributed by atoms with Gasteiger partial charge in [0, 0.05) is 0 Å². The van der Waals surface area contributed by atoms with E-state index in [0.717, 1.165) is 4.48 Å². The van der Waals surface area contributed by atoms with Crippen LogP contribution in [0.4, 0.5) is 0 Å². The van der Waals surface area contributed by atoms with Gasteiger partial charge in [-0.1, -0.05) is 58.3 Å². The lowest BCUT2D eigenvalue weighted by molar-refractivity contribution is -0.870. The van der Waals surface area contributed by atoms with Crippen LogP contribution in [0.25, 0.3) is 0 Å². The summed E-state index contributed by atoms with van der Waals surface area (Å²) < 4.78 is 1.12. The van der Waals surface area contributed by atoms with Gasteiger partial charge in [-0.2, -0.15) is 0 Å². The lowest BCUT2D eigenvalue weighted by atomic mass is 10.1. The van der Waals surface area contributed by atoms with Crippen LogP contribution in [0.1, 0.15) is 71.1 Å². The molecule has 0 fully saturated rings. The van der Waals surface area contributed by atoms with Crippen LogP contribution in [0.2, 0.25) is 0 Å². The molecule has 0 saturated carbocycles. The molecule has 0 aliphatic rings. The van der Waals surface area contributed by atoms with Gasteiger partial charge in [-0.3, -0.25) is 0 Å². The van der Waals surface area contributed by atoms with E-state index in [1.54, 1.807) is 7.05 Å². The quantitative estimate of drug-likeness (QED) is 0.320. The van der Waals surface area contributed by atoms with E-state index in [2.05, 4.69) is 33.8 Å². The van der Waals surface area contributed by atoms with Crippen molar-refractivity contribution in [2.24, 2.45) is 0 Å². The predicted octanol–water partition coefficient (Wildman–Crippen LogP) is -2.52. The van der Waals surface area contributed by atoms with E-state index in [1.165, 1.54) is 70.8 Å². The van der Waals surface area contributed by atoms with E-state index in [1.807, 2.05) is 0 Å². The predicted molar refractivity (Wildman–Crippen MR) is 83.6 cm³/mol. The third kappa shape index (κ3) is 31.1. The van der Waals surface area contributed by atoms with Gasteiger partial charge in [0.1, 0.15) is 0 Å². The molecule has 0 rings (SSSR count). The molecule has 0 bridgehead atoms. The van der Waals surface area contributed by atoms with Crippen molar-refractivity contribution in [3.05, 3.63) is 0 Å². The topological polar surface area (TPSA) is 27.6 Å². The first kappa shape index (κ1) is 28.6. The first-order valence-corrected chi connectivity index (χ1v) is 8.07. The van der Waals surface area contributed by atoms with E-state index < -0.39 is 0 Å². The van der Waals surface area contributed by atoms with Crippen LogP contribution in [0.15, 0.2) is 0 Å². The van der Waals surface area contributed by atoms with Crippen LogP contribution in [-0.2, 0) is 0 Å². The Kier molecular flexibility index (Phi) is 31.2. The Bertz CT molecular complexity index is 148. The molecule has 0 saturated heterocycles. The molecule has 0 spiro atoms. The second-order valence-corrected chi connectivity index (χ2v) is 6.20. The minimum Gasteiger partial charge on any atom is -1.00 e. The summed E-state index contributed by atoms with van der Waals surface area (Å²) >= 11 is 0. The fourth-order valence-electron chi connectivity index (χ4n) is 2.07. The highest BCUT2D eigenvalue weighted by molar-refractivity contribution is 4.47. The van der Waals surface area contributed by atoms with Gasteiger partial charge in [0.25, 0.3) is 0 Å². The number of nitrogens with zero attached hydrogens (tertiary/aromatic N) is 1. The smallest absolute Gasteiger partial charge is 0.0780 e. The number of hydrogen-bond acceptors (Lipinski definition) is 0. The maximum atomic E-state index is 3.25. The van der Waals surface area contributed by atoms with E-state index in [9.17, 15) is 0 Å². The third-order valence-electron chi connectivity index (χ3n) is 3.18. The Labute approximate surface area is 141 Å². The summed E-state index contributed by atoms with van der Waals surface area (Å²) in [6, 6.07) is 0. The van der Waals surface area contributed by atoms with Crippen LogP contribution in [0, 0.1) is 0 Å². The molecule has 128 valence electrons. The van der Waals surface area contributed by atoms with Crippen LogP contribution in [0.5, 0.6) is 0 Å². The Morgan fingerprint density at radius 2 is 0.900 bits per heavy atom. The van der Waals surface area contributed by atoms with Gasteiger partial charge in [-0.15, -0.1) is 0 Å². The van der Waals surface area contributed by atoms with Gasteiger partial charge in [0.15, 0.2) is 0 Å². The highest BCUT2D eigenvalue weighted by Gasteiger charge is 2.04. The minimum atomic E-state index is 0. The molecule has 4 heteroatoms. The monoisotopic (exact) mass is 330 g/mol. The second-order valence-electron chi connectivity index (χ2n) is 6.20. The number of quaternary nitrogens is 2. The summed E-state index contributed by atoms with van der Waals surface area (Å²) in [5.41, 5.74) is 3.25. The standard InChI is InChI=1S/C15H34N.CH5N.2ClH/c1-5-6-7-8-9-10-11-12-13-14-15-16(2,3)4;1-2;;/h5-15H2,1-4H3;2H2,1H3;2*1H/q+1;;;/p-1. The first-order chi connectivity index (χ1) is 8.56. The summed E-state index contributed by atoms with van der Waals surface area (Å²) in [4.78, 5) is 0. The highest BCUT2D eigenvalue weighted by atomic mass is 35.5. The summed E-state index contributed by atoms with van der Waals surface area (Å²) in [7, 11) is 8.61. The average molecular weight is 331 g/mol. The van der Waals surface area contributed by atoms with Crippen molar-refractivity contribution in [3.63, 3.8) is 0 Å². The molecule has 0 aromatic rings. The molecule has 0 radical (unpaired) electrons. The Morgan fingerprint density at radius 3 is 1.20 bits per heavy atom. The van der Waals surface area contributed by atoms with Crippen molar-refractivity contribution in [2.75, 3.05) is 34.7 Å². The fraction of sp³-hybridized carbons (Fsp3) is 1.00. The van der Waals surface area contributed by atoms with Crippen molar-refractivity contribution in [2.45, 2.75) is 71.1 Å². The largest absolute Gasteiger partial charge is 1.00 e. The first-order valence-electron chi connectivity index (χ1n) is 8.07. The fourth-order valence-corrected chi connectivity index (χ4v) is 2.07. The second kappa shape index (κ2) is 21.8. The van der Waals surface area contributed by atoms with Crippen LogP contribution in [-0.4, -0.2) is 39.2 Å². The molecule has 0 aromatic heterocycles. The molecule has 0 heterocycles. The van der Waals surface area contributed by atoms with E-state index >= 15 is 0 Å². The summed E-state index contributed by atoms with van der Waals surface area (Å²) in [5.74, 6) is 0. The Hall–Kier alpha value is 0.500. The molecule has 0 aliphatic heterocycles. The van der Waals surface area contributed by atoms with Gasteiger partial charge in [-0.25, -0.2) is 0 Å². The lowest BCUT2D eigenvalue weighted by Gasteiger charge is -2.23. The zero-order valence-corrected chi connectivity index (χ0v) is 16.2. The van der Waals surface area contributed by atoms with Gasteiger partial charge < -0.3 is 35.0 Å². The van der Waals surface area contributed by atoms with Crippen LogP contribution in [0.3, 0.4) is 0 Å². The number of hydrogen-bond donors (Lipinski definition) is 1. The number of halogens is 2. The van der Waals surface area contributed by atoms with Gasteiger partial charge in [0.05, 0.1) is 34.7 Å². The van der Waals surface area contributed by atoms with E-state index in [4.69, 9.17) is 0 Å². The summed E-state index contributed by atoms with van der Waals surface area (Å²) in [6.45, 7) is 3.62. The molecule has 0 amide bonds. The maximum Gasteiger partial charge on any atom is 0.0780 e. The van der Waals surface area contributed by atoms with Crippen LogP contribution < -0.4 is 30.5 Å². The molecule has 0 aromatic carbocycles. The molecule has 2 nitrogen and oxygen atoms in total. The van der Waals surface area contributed by atoms with Crippen LogP contribution >= 0.6 is 0 Å². The SMILES string of the molecule is CCCCCCCCCCCC[N+](C)(C)C.C[NH3+].[Cl-].[Cl-]. The molecule has 0 atom stereocenters. The Morgan fingerprint density at radius 1 is 0.600 bits per heavy atom. The lowest BCUT2D eigenvalue weighted by Crippen LogP contribution is -3.00. The normalized spacial score (nSPS) is 9.90. The van der Waals surface area contributed by atoms with Gasteiger partial charge in [-0.05, 0) is 12.8 Å². The van der Waals surface area contributed by atoms with Crippen molar-refractivity contribution in [1.29, 1.82) is 0 Å². The van der Waals surface area contributed by atoms with Crippen molar-refractivity contribution in [3.8, 4) is 0 Å². The van der Waals surface area contributed by atoms with Gasteiger partial charge in [0.2, 0.25) is 0 Å². The molecular weight excluding hydrogens is 291 g/mol. The molecule has 0 unspecified atom stereocenters. The summed E-state index contributed by atoms with van der Waals surface area (Å²) in [5, 5.41) is 0. The van der Waals surface area contributed by atoms with Crippen molar-refractivity contribution in [1.82, 2.24) is 0 Å². The number of unbranched alkanes of at least 4 members (excludes halogenated alkanes) is 9. The molecule has 20 heavy (non-hydrogen) atoms. The van der Waals surface area contributed by atoms with Gasteiger partial charge >= 0.3 is 0 Å². The Balaban J connectivity index is -0.000000304. The third-order valence-corrected chi connectivity index (χ3v) is 3.18. The minimum absolute atomic E-state index is 0. The molecular formula is C16H40Cl2N2. The average Bonchev–Trinajstić information content (AvgIpc) is 2.33. The zero-order chi connectivity index (χ0) is 14.3. The van der Waals surface area contributed by atoms with Crippen molar-refractivity contribution < 1.29 is 35.0 Å². The highest BCUT2D eigenvalue weighted by Crippen LogP contribution is 2.10. The van der Waals surface area contributed by atoms with E-state index in [-0.39, 0.29) is 24.8 Å². The summed E-state index contributed by atoms with van der Waals surface area (Å²) in [6.07, 6.45) is 14.4. The van der Waals surface area contributed by atoms with E-state index in [0.29, 0.717) is 0 Å². The molecule has 0 aliphatic carbocycles. The number of rotatable bonds is 11.